The Balaban J connectivity index is 2.50. The largest absolute Gasteiger partial charge is 0.497 e. The van der Waals surface area contributed by atoms with Gasteiger partial charge in [0.15, 0.2) is 0 Å². The molecular formula is C16H12Br2N2O4S. The van der Waals surface area contributed by atoms with Crippen molar-refractivity contribution in [2.75, 3.05) is 7.11 Å². The second-order valence-corrected chi connectivity index (χ2v) is 8.51. The number of halogens is 2. The maximum absolute atomic E-state index is 12.8. The van der Waals surface area contributed by atoms with Gasteiger partial charge < -0.3 is 4.74 Å². The van der Waals surface area contributed by atoms with Crippen molar-refractivity contribution in [1.29, 1.82) is 0 Å². The van der Waals surface area contributed by atoms with Gasteiger partial charge in [-0.15, -0.1) is 0 Å². The molecule has 6 nitrogen and oxygen atoms in total. The van der Waals surface area contributed by atoms with Gasteiger partial charge in [-0.25, -0.2) is 13.6 Å². The van der Waals surface area contributed by atoms with E-state index in [4.69, 9.17) is 9.88 Å². The van der Waals surface area contributed by atoms with Crippen LogP contribution in [-0.2, 0) is 10.0 Å². The number of ether oxygens (including phenoxy) is 1. The van der Waals surface area contributed by atoms with Gasteiger partial charge in [0.2, 0.25) is 10.0 Å². The number of methoxy groups -OCH3 is 1. The molecule has 0 bridgehead atoms. The van der Waals surface area contributed by atoms with Crippen molar-refractivity contribution >= 4 is 52.8 Å². The number of fused-ring (bicyclic) bond motifs is 1. The van der Waals surface area contributed by atoms with Crippen LogP contribution in [0.3, 0.4) is 0 Å². The molecule has 0 amide bonds. The quantitative estimate of drug-likeness (QED) is 0.614. The summed E-state index contributed by atoms with van der Waals surface area (Å²) in [6.07, 6.45) is 0. The fourth-order valence-electron chi connectivity index (χ4n) is 2.50. The lowest BCUT2D eigenvalue weighted by molar-refractivity contribution is 0.414. The molecule has 2 N–H and O–H groups in total. The van der Waals surface area contributed by atoms with Crippen molar-refractivity contribution in [2.45, 2.75) is 4.90 Å². The van der Waals surface area contributed by atoms with Crippen molar-refractivity contribution in [3.8, 4) is 11.4 Å². The number of aromatic nitrogens is 1. The molecule has 25 heavy (non-hydrogen) atoms. The summed E-state index contributed by atoms with van der Waals surface area (Å²) in [5, 5.41) is 5.78. The highest BCUT2D eigenvalue weighted by atomic mass is 79.9. The minimum atomic E-state index is -4.19. The molecule has 0 radical (unpaired) electrons. The van der Waals surface area contributed by atoms with Crippen LogP contribution in [0.5, 0.6) is 5.75 Å². The fourth-order valence-corrected chi connectivity index (χ4v) is 4.44. The molecule has 1 aromatic heterocycles. The van der Waals surface area contributed by atoms with Gasteiger partial charge in [-0.1, -0.05) is 31.9 Å². The maximum atomic E-state index is 12.8. The number of rotatable bonds is 3. The lowest BCUT2D eigenvalue weighted by atomic mass is 10.2. The number of primary sulfonamides is 1. The van der Waals surface area contributed by atoms with Gasteiger partial charge in [-0.2, -0.15) is 0 Å². The van der Waals surface area contributed by atoms with Gasteiger partial charge in [0.1, 0.15) is 10.6 Å². The molecule has 3 aromatic rings. The molecule has 0 saturated heterocycles. The summed E-state index contributed by atoms with van der Waals surface area (Å²) in [5.74, 6) is 0.617. The van der Waals surface area contributed by atoms with E-state index in [-0.39, 0.29) is 0 Å². The summed E-state index contributed by atoms with van der Waals surface area (Å²) in [6, 6.07) is 11.5. The Morgan fingerprint density at radius 2 is 1.72 bits per heavy atom. The van der Waals surface area contributed by atoms with Crippen LogP contribution in [0, 0.1) is 0 Å². The standard InChI is InChI=1S/C16H12Br2N2O4S/c1-24-11-4-2-10(3-5-11)20-14-7-9(17)6-13(18)12(14)8-15(16(20)21)25(19,22)23/h2-8H,1H3,(H2,19,22,23). The van der Waals surface area contributed by atoms with Crippen LogP contribution < -0.4 is 15.4 Å². The maximum Gasteiger partial charge on any atom is 0.275 e. The van der Waals surface area contributed by atoms with Crippen LogP contribution >= 0.6 is 31.9 Å². The third-order valence-corrected chi connectivity index (χ3v) is 5.66. The molecule has 0 spiro atoms. The summed E-state index contributed by atoms with van der Waals surface area (Å²) in [5.41, 5.74) is 0.306. The number of hydrogen-bond donors (Lipinski definition) is 1. The molecule has 9 heteroatoms. The molecule has 0 atom stereocenters. The molecule has 0 aliphatic heterocycles. The first-order chi connectivity index (χ1) is 11.7. The lowest BCUT2D eigenvalue weighted by Crippen LogP contribution is -2.28. The number of nitrogens with zero attached hydrogens (tertiary/aromatic N) is 1. The normalized spacial score (nSPS) is 11.7. The Hall–Kier alpha value is -1.68. The summed E-state index contributed by atoms with van der Waals surface area (Å²) in [4.78, 5) is 12.4. The molecule has 0 aliphatic rings. The van der Waals surface area contributed by atoms with E-state index in [1.54, 1.807) is 36.4 Å². The second kappa shape index (κ2) is 6.56. The Morgan fingerprint density at radius 1 is 1.08 bits per heavy atom. The molecule has 1 heterocycles. The smallest absolute Gasteiger partial charge is 0.275 e. The third kappa shape index (κ3) is 3.37. The minimum absolute atomic E-state index is 0.473. The molecule has 0 unspecified atom stereocenters. The predicted octanol–water partition coefficient (Wildman–Crippen LogP) is 3.17. The summed E-state index contributed by atoms with van der Waals surface area (Å²) >= 11 is 6.79. The summed E-state index contributed by atoms with van der Waals surface area (Å²) < 4.78 is 31.6. The van der Waals surface area contributed by atoms with E-state index in [9.17, 15) is 13.2 Å². The van der Waals surface area contributed by atoms with Crippen molar-refractivity contribution in [3.05, 3.63) is 61.8 Å². The van der Waals surface area contributed by atoms with Crippen molar-refractivity contribution in [3.63, 3.8) is 0 Å². The zero-order valence-corrected chi connectivity index (χ0v) is 16.9. The van der Waals surface area contributed by atoms with Crippen LogP contribution in [0.4, 0.5) is 0 Å². The third-order valence-electron chi connectivity index (χ3n) is 3.64. The van der Waals surface area contributed by atoms with E-state index in [0.717, 1.165) is 4.47 Å². The molecular weight excluding hydrogens is 476 g/mol. The average Bonchev–Trinajstić information content (AvgIpc) is 2.53. The Morgan fingerprint density at radius 3 is 2.28 bits per heavy atom. The number of sulfonamides is 1. The first-order valence-electron chi connectivity index (χ1n) is 6.94. The number of nitrogens with two attached hydrogens (primary N) is 1. The lowest BCUT2D eigenvalue weighted by Gasteiger charge is -2.14. The Labute approximate surface area is 160 Å². The highest BCUT2D eigenvalue weighted by Crippen LogP contribution is 2.30. The zero-order valence-electron chi connectivity index (χ0n) is 12.9. The average molecular weight is 488 g/mol. The minimum Gasteiger partial charge on any atom is -0.497 e. The first-order valence-corrected chi connectivity index (χ1v) is 10.1. The zero-order chi connectivity index (χ0) is 18.4. The van der Waals surface area contributed by atoms with Gasteiger partial charge in [0, 0.05) is 20.0 Å². The van der Waals surface area contributed by atoms with E-state index in [2.05, 4.69) is 31.9 Å². The van der Waals surface area contributed by atoms with E-state index >= 15 is 0 Å². The Bertz CT molecular complexity index is 1140. The topological polar surface area (TPSA) is 91.4 Å². The summed E-state index contributed by atoms with van der Waals surface area (Å²) in [6.45, 7) is 0. The fraction of sp³-hybridized carbons (Fsp3) is 0.0625. The van der Waals surface area contributed by atoms with Crippen LogP contribution in [0.2, 0.25) is 0 Å². The van der Waals surface area contributed by atoms with Crippen LogP contribution in [0.25, 0.3) is 16.6 Å². The second-order valence-electron chi connectivity index (χ2n) is 5.21. The van der Waals surface area contributed by atoms with Gasteiger partial charge in [-0.3, -0.25) is 9.36 Å². The summed E-state index contributed by atoms with van der Waals surface area (Å²) in [7, 11) is -2.65. The SMILES string of the molecule is COc1ccc(-n2c(=O)c(S(N)(=O)=O)cc3c(Br)cc(Br)cc32)cc1. The number of hydrogen-bond acceptors (Lipinski definition) is 4. The molecule has 0 aliphatic carbocycles. The van der Waals surface area contributed by atoms with Gasteiger partial charge in [0.25, 0.3) is 5.56 Å². The van der Waals surface area contributed by atoms with Crippen LogP contribution in [0.1, 0.15) is 0 Å². The molecule has 2 aromatic carbocycles. The molecule has 3 rings (SSSR count). The highest BCUT2D eigenvalue weighted by Gasteiger charge is 2.20. The van der Waals surface area contributed by atoms with E-state index in [1.807, 2.05) is 0 Å². The molecule has 130 valence electrons. The van der Waals surface area contributed by atoms with Crippen LogP contribution in [0.15, 0.2) is 61.1 Å². The molecule has 0 saturated carbocycles. The van der Waals surface area contributed by atoms with E-state index in [0.29, 0.717) is 26.8 Å². The first kappa shape index (κ1) is 18.1. The highest BCUT2D eigenvalue weighted by molar-refractivity contribution is 9.11. The van der Waals surface area contributed by atoms with Crippen molar-refractivity contribution in [1.82, 2.24) is 4.57 Å². The Kier molecular flexibility index (Phi) is 4.76. The molecule has 0 fully saturated rings. The number of benzene rings is 2. The number of pyridine rings is 1. The van der Waals surface area contributed by atoms with Crippen molar-refractivity contribution in [2.24, 2.45) is 5.14 Å². The van der Waals surface area contributed by atoms with Gasteiger partial charge >= 0.3 is 0 Å². The monoisotopic (exact) mass is 486 g/mol. The van der Waals surface area contributed by atoms with Crippen LogP contribution in [-0.4, -0.2) is 20.1 Å². The van der Waals surface area contributed by atoms with E-state index in [1.165, 1.54) is 17.7 Å². The predicted molar refractivity (Wildman–Crippen MR) is 103 cm³/mol. The van der Waals surface area contributed by atoms with Gasteiger partial charge in [-0.05, 0) is 42.5 Å². The van der Waals surface area contributed by atoms with Gasteiger partial charge in [0.05, 0.1) is 12.6 Å². The van der Waals surface area contributed by atoms with Crippen molar-refractivity contribution < 1.29 is 13.2 Å². The van der Waals surface area contributed by atoms with E-state index < -0.39 is 20.5 Å².